The van der Waals surface area contributed by atoms with E-state index in [0.29, 0.717) is 12.4 Å². The fraction of sp³-hybridized carbons (Fsp3) is 0.259. The second kappa shape index (κ2) is 11.8. The van der Waals surface area contributed by atoms with Crippen molar-refractivity contribution in [2.45, 2.75) is 0 Å². The van der Waals surface area contributed by atoms with Crippen LogP contribution in [0.15, 0.2) is 66.7 Å². The molecule has 0 aromatic heterocycles. The van der Waals surface area contributed by atoms with Crippen LogP contribution in [-0.2, 0) is 4.74 Å². The Balaban J connectivity index is 1.52. The standard InChI is InChI=1S/C27H28N2O5S/c1-33-27(32)22-9-7-20(19-5-3-2-4-6-19)17-24(22)28-26(31)23-18-21(8-10-25(23)30)34-14-11-29-12-15-35-16-13-29/h2-10,17-18,30H,11-16H2,1H3,(H,28,31). The number of phenols is 1. The van der Waals surface area contributed by atoms with Crippen molar-refractivity contribution in [2.75, 3.05) is 50.2 Å². The largest absolute Gasteiger partial charge is 0.507 e. The molecular weight excluding hydrogens is 464 g/mol. The molecule has 1 amide bonds. The van der Waals surface area contributed by atoms with E-state index in [2.05, 4.69) is 10.2 Å². The van der Waals surface area contributed by atoms with Crippen LogP contribution in [0.2, 0.25) is 0 Å². The summed E-state index contributed by atoms with van der Waals surface area (Å²) in [6.07, 6.45) is 0. The Bertz CT molecular complexity index is 1180. The van der Waals surface area contributed by atoms with E-state index in [4.69, 9.17) is 9.47 Å². The summed E-state index contributed by atoms with van der Waals surface area (Å²) in [6, 6.07) is 19.3. The van der Waals surface area contributed by atoms with E-state index in [-0.39, 0.29) is 22.6 Å². The molecule has 0 bridgehead atoms. The molecule has 3 aromatic carbocycles. The first kappa shape index (κ1) is 24.6. The molecule has 1 heterocycles. The minimum Gasteiger partial charge on any atom is -0.507 e. The zero-order valence-corrected chi connectivity index (χ0v) is 20.3. The molecule has 35 heavy (non-hydrogen) atoms. The maximum absolute atomic E-state index is 13.1. The number of rotatable bonds is 8. The molecule has 0 saturated carbocycles. The Morgan fingerprint density at radius 3 is 2.49 bits per heavy atom. The molecule has 1 saturated heterocycles. The van der Waals surface area contributed by atoms with Crippen LogP contribution in [0.25, 0.3) is 11.1 Å². The Kier molecular flexibility index (Phi) is 8.28. The smallest absolute Gasteiger partial charge is 0.339 e. The SMILES string of the molecule is COC(=O)c1ccc(-c2ccccc2)cc1NC(=O)c1cc(OCCN2CCSCC2)ccc1O. The summed E-state index contributed by atoms with van der Waals surface area (Å²) in [5.74, 6) is 1.44. The van der Waals surface area contributed by atoms with Gasteiger partial charge in [0, 0.05) is 31.1 Å². The highest BCUT2D eigenvalue weighted by Gasteiger charge is 2.19. The van der Waals surface area contributed by atoms with Gasteiger partial charge in [-0.05, 0) is 41.5 Å². The van der Waals surface area contributed by atoms with Crippen LogP contribution < -0.4 is 10.1 Å². The van der Waals surface area contributed by atoms with Crippen molar-refractivity contribution in [3.05, 3.63) is 77.9 Å². The summed E-state index contributed by atoms with van der Waals surface area (Å²) in [7, 11) is 1.29. The summed E-state index contributed by atoms with van der Waals surface area (Å²) in [4.78, 5) is 27.8. The minimum atomic E-state index is -0.572. The van der Waals surface area contributed by atoms with Crippen molar-refractivity contribution < 1.29 is 24.2 Å². The highest BCUT2D eigenvalue weighted by atomic mass is 32.2. The van der Waals surface area contributed by atoms with Crippen molar-refractivity contribution in [3.63, 3.8) is 0 Å². The van der Waals surface area contributed by atoms with Crippen molar-refractivity contribution in [1.82, 2.24) is 4.90 Å². The van der Waals surface area contributed by atoms with Gasteiger partial charge in [-0.3, -0.25) is 9.69 Å². The van der Waals surface area contributed by atoms with Gasteiger partial charge in [0.25, 0.3) is 5.91 Å². The van der Waals surface area contributed by atoms with Crippen LogP contribution in [0.3, 0.4) is 0 Å². The van der Waals surface area contributed by atoms with Crippen LogP contribution >= 0.6 is 11.8 Å². The predicted octanol–water partition coefficient (Wildman–Crippen LogP) is 4.53. The van der Waals surface area contributed by atoms with Crippen LogP contribution in [0, 0.1) is 0 Å². The number of methoxy groups -OCH3 is 1. The number of anilines is 1. The van der Waals surface area contributed by atoms with Gasteiger partial charge in [0.15, 0.2) is 0 Å². The van der Waals surface area contributed by atoms with Crippen LogP contribution in [-0.4, -0.2) is 66.7 Å². The number of nitrogens with one attached hydrogen (secondary N) is 1. The summed E-state index contributed by atoms with van der Waals surface area (Å²) < 4.78 is 10.7. The molecule has 182 valence electrons. The van der Waals surface area contributed by atoms with Gasteiger partial charge >= 0.3 is 5.97 Å². The molecule has 0 atom stereocenters. The first-order valence-corrected chi connectivity index (χ1v) is 12.6. The van der Waals surface area contributed by atoms with Gasteiger partial charge in [-0.25, -0.2) is 4.79 Å². The van der Waals surface area contributed by atoms with E-state index >= 15 is 0 Å². The Morgan fingerprint density at radius 2 is 1.74 bits per heavy atom. The number of nitrogens with zero attached hydrogens (tertiary/aromatic N) is 1. The summed E-state index contributed by atoms with van der Waals surface area (Å²) in [6.45, 7) is 3.38. The molecule has 2 N–H and O–H groups in total. The molecule has 1 aliphatic heterocycles. The topological polar surface area (TPSA) is 88.1 Å². The first-order chi connectivity index (χ1) is 17.0. The zero-order chi connectivity index (χ0) is 24.6. The number of carbonyl (C=O) groups excluding carboxylic acids is 2. The predicted molar refractivity (Wildman–Crippen MR) is 139 cm³/mol. The van der Waals surface area contributed by atoms with E-state index in [0.717, 1.165) is 42.3 Å². The maximum atomic E-state index is 13.1. The van der Waals surface area contributed by atoms with E-state index in [1.165, 1.54) is 19.2 Å². The van der Waals surface area contributed by atoms with Crippen LogP contribution in [0.1, 0.15) is 20.7 Å². The minimum absolute atomic E-state index is 0.0535. The summed E-state index contributed by atoms with van der Waals surface area (Å²) in [5, 5.41) is 13.1. The number of amides is 1. The molecule has 8 heteroatoms. The third-order valence-electron chi connectivity index (χ3n) is 5.77. The number of hydrogen-bond donors (Lipinski definition) is 2. The average Bonchev–Trinajstić information content (AvgIpc) is 2.90. The molecule has 0 radical (unpaired) electrons. The van der Waals surface area contributed by atoms with Gasteiger partial charge in [0.1, 0.15) is 18.1 Å². The number of carbonyl (C=O) groups is 2. The number of aromatic hydroxyl groups is 1. The molecule has 0 spiro atoms. The number of benzene rings is 3. The van der Waals surface area contributed by atoms with E-state index in [9.17, 15) is 14.7 Å². The third-order valence-corrected chi connectivity index (χ3v) is 6.72. The molecule has 7 nitrogen and oxygen atoms in total. The Labute approximate surface area is 209 Å². The molecular formula is C27H28N2O5S. The summed E-state index contributed by atoms with van der Waals surface area (Å²) in [5.41, 5.74) is 2.32. The molecule has 0 unspecified atom stereocenters. The molecule has 1 fully saturated rings. The van der Waals surface area contributed by atoms with Gasteiger partial charge in [-0.2, -0.15) is 11.8 Å². The Morgan fingerprint density at radius 1 is 0.971 bits per heavy atom. The second-order valence-electron chi connectivity index (χ2n) is 8.05. The fourth-order valence-corrected chi connectivity index (χ4v) is 4.82. The van der Waals surface area contributed by atoms with Crippen molar-refractivity contribution in [2.24, 2.45) is 0 Å². The second-order valence-corrected chi connectivity index (χ2v) is 9.28. The molecule has 1 aliphatic rings. The number of ether oxygens (including phenoxy) is 2. The molecule has 4 rings (SSSR count). The lowest BCUT2D eigenvalue weighted by atomic mass is 10.0. The van der Waals surface area contributed by atoms with E-state index in [1.807, 2.05) is 42.1 Å². The zero-order valence-electron chi connectivity index (χ0n) is 19.5. The number of esters is 1. The van der Waals surface area contributed by atoms with E-state index in [1.54, 1.807) is 24.3 Å². The fourth-order valence-electron chi connectivity index (χ4n) is 3.84. The van der Waals surface area contributed by atoms with Crippen molar-refractivity contribution in [3.8, 4) is 22.6 Å². The maximum Gasteiger partial charge on any atom is 0.339 e. The Hall–Kier alpha value is -3.49. The first-order valence-electron chi connectivity index (χ1n) is 11.4. The van der Waals surface area contributed by atoms with Crippen LogP contribution in [0.5, 0.6) is 11.5 Å². The molecule has 3 aromatic rings. The van der Waals surface area contributed by atoms with E-state index < -0.39 is 11.9 Å². The molecule has 0 aliphatic carbocycles. The van der Waals surface area contributed by atoms with Gasteiger partial charge in [-0.15, -0.1) is 0 Å². The average molecular weight is 493 g/mol. The van der Waals surface area contributed by atoms with Gasteiger partial charge in [0.2, 0.25) is 0 Å². The summed E-state index contributed by atoms with van der Waals surface area (Å²) >= 11 is 1.96. The van der Waals surface area contributed by atoms with Crippen molar-refractivity contribution >= 4 is 29.3 Å². The lowest BCUT2D eigenvalue weighted by molar-refractivity contribution is 0.0602. The van der Waals surface area contributed by atoms with Crippen molar-refractivity contribution in [1.29, 1.82) is 0 Å². The van der Waals surface area contributed by atoms with Gasteiger partial charge in [0.05, 0.1) is 23.9 Å². The van der Waals surface area contributed by atoms with Crippen LogP contribution in [0.4, 0.5) is 5.69 Å². The lowest BCUT2D eigenvalue weighted by Gasteiger charge is -2.25. The highest BCUT2D eigenvalue weighted by molar-refractivity contribution is 7.99. The monoisotopic (exact) mass is 492 g/mol. The number of thioether (sulfide) groups is 1. The highest BCUT2D eigenvalue weighted by Crippen LogP contribution is 2.29. The normalized spacial score (nSPS) is 13.7. The lowest BCUT2D eigenvalue weighted by Crippen LogP contribution is -2.35. The van der Waals surface area contributed by atoms with Gasteiger partial charge < -0.3 is 19.9 Å². The van der Waals surface area contributed by atoms with Gasteiger partial charge in [-0.1, -0.05) is 36.4 Å². The number of phenolic OH excluding ortho intramolecular Hbond substituents is 1. The number of hydrogen-bond acceptors (Lipinski definition) is 7. The quantitative estimate of drug-likeness (QED) is 0.447. The third kappa shape index (κ3) is 6.35.